The second-order valence-corrected chi connectivity index (χ2v) is 5.84. The van der Waals surface area contributed by atoms with Gasteiger partial charge in [-0.1, -0.05) is 30.1 Å². The van der Waals surface area contributed by atoms with E-state index >= 15 is 0 Å². The van der Waals surface area contributed by atoms with E-state index < -0.39 is 0 Å². The average molecular weight is 293 g/mol. The molecule has 1 fully saturated rings. The number of aromatic hydroxyl groups is 1. The van der Waals surface area contributed by atoms with Gasteiger partial charge in [-0.25, -0.2) is 0 Å². The molecular weight excluding hydrogens is 276 g/mol. The number of aromatic nitrogens is 2. The van der Waals surface area contributed by atoms with Gasteiger partial charge in [-0.05, 0) is 43.4 Å². The number of halogens is 1. The second-order valence-electron chi connectivity index (χ2n) is 5.40. The zero-order valence-electron chi connectivity index (χ0n) is 11.3. The van der Waals surface area contributed by atoms with Crippen molar-refractivity contribution in [2.45, 2.75) is 38.5 Å². The van der Waals surface area contributed by atoms with Crippen LogP contribution in [-0.2, 0) is 0 Å². The number of benzene rings is 1. The van der Waals surface area contributed by atoms with Gasteiger partial charge in [-0.3, -0.25) is 0 Å². The van der Waals surface area contributed by atoms with Crippen molar-refractivity contribution < 1.29 is 9.63 Å². The Morgan fingerprint density at radius 2 is 2.25 bits per heavy atom. The molecule has 1 saturated carbocycles. The van der Waals surface area contributed by atoms with Crippen LogP contribution in [0, 0.1) is 5.92 Å². The maximum Gasteiger partial charge on any atom is 0.261 e. The molecule has 1 aromatic carbocycles. The minimum Gasteiger partial charge on any atom is -0.507 e. The lowest BCUT2D eigenvalue weighted by Crippen LogP contribution is -1.97. The Labute approximate surface area is 122 Å². The Kier molecular flexibility index (Phi) is 3.66. The summed E-state index contributed by atoms with van der Waals surface area (Å²) >= 11 is 5.94. The van der Waals surface area contributed by atoms with Gasteiger partial charge in [0, 0.05) is 10.9 Å². The summed E-state index contributed by atoms with van der Waals surface area (Å²) in [6, 6.07) is 4.79. The Morgan fingerprint density at radius 3 is 3.00 bits per heavy atom. The molecule has 1 N–H and O–H groups in total. The lowest BCUT2D eigenvalue weighted by Gasteiger charge is -2.04. The van der Waals surface area contributed by atoms with Crippen LogP contribution in [0.25, 0.3) is 11.5 Å². The van der Waals surface area contributed by atoms with Crippen LogP contribution in [0.5, 0.6) is 5.75 Å². The van der Waals surface area contributed by atoms with Crippen molar-refractivity contribution in [3.63, 3.8) is 0 Å². The molecule has 4 nitrogen and oxygen atoms in total. The van der Waals surface area contributed by atoms with Crippen LogP contribution in [0.15, 0.2) is 22.7 Å². The number of phenolic OH excluding ortho intramolecular Hbond substituents is 1. The molecule has 1 aromatic heterocycles. The molecule has 2 aromatic rings. The molecule has 20 heavy (non-hydrogen) atoms. The fraction of sp³-hybridized carbons (Fsp3) is 0.467. The zero-order valence-corrected chi connectivity index (χ0v) is 12.1. The van der Waals surface area contributed by atoms with Gasteiger partial charge >= 0.3 is 0 Å². The molecule has 5 heteroatoms. The van der Waals surface area contributed by atoms with Crippen LogP contribution >= 0.6 is 11.6 Å². The smallest absolute Gasteiger partial charge is 0.261 e. The van der Waals surface area contributed by atoms with Gasteiger partial charge in [0.2, 0.25) is 0 Å². The summed E-state index contributed by atoms with van der Waals surface area (Å²) in [7, 11) is 0. The Balaban J connectivity index is 1.85. The van der Waals surface area contributed by atoms with Crippen molar-refractivity contribution in [2.75, 3.05) is 0 Å². The van der Waals surface area contributed by atoms with E-state index in [2.05, 4.69) is 17.1 Å². The van der Waals surface area contributed by atoms with Crippen molar-refractivity contribution in [3.05, 3.63) is 29.0 Å². The van der Waals surface area contributed by atoms with Crippen molar-refractivity contribution in [1.82, 2.24) is 10.1 Å². The normalized spacial score (nSPS) is 22.3. The topological polar surface area (TPSA) is 59.2 Å². The van der Waals surface area contributed by atoms with Crippen molar-refractivity contribution in [1.29, 1.82) is 0 Å². The van der Waals surface area contributed by atoms with E-state index in [4.69, 9.17) is 16.1 Å². The molecule has 0 radical (unpaired) electrons. The molecule has 0 aliphatic heterocycles. The molecule has 3 rings (SSSR count). The highest BCUT2D eigenvalue weighted by Crippen LogP contribution is 2.39. The molecule has 1 aliphatic carbocycles. The maximum absolute atomic E-state index is 9.86. The fourth-order valence-corrected chi connectivity index (χ4v) is 3.04. The molecular formula is C15H17ClN2O2. The Hall–Kier alpha value is -1.55. The minimum absolute atomic E-state index is 0.0995. The third-order valence-electron chi connectivity index (χ3n) is 4.11. The van der Waals surface area contributed by atoms with E-state index in [0.29, 0.717) is 22.4 Å². The number of hydrogen-bond acceptors (Lipinski definition) is 4. The van der Waals surface area contributed by atoms with Gasteiger partial charge in [0.05, 0.1) is 5.56 Å². The largest absolute Gasteiger partial charge is 0.507 e. The maximum atomic E-state index is 9.86. The predicted molar refractivity (Wildman–Crippen MR) is 76.8 cm³/mol. The van der Waals surface area contributed by atoms with Crippen LogP contribution < -0.4 is 0 Å². The van der Waals surface area contributed by atoms with Crippen LogP contribution in [0.4, 0.5) is 0 Å². The SMILES string of the molecule is CCC1CCC(c2noc(-c3cc(Cl)ccc3O)n2)C1. The average Bonchev–Trinajstić information content (AvgIpc) is 3.09. The summed E-state index contributed by atoms with van der Waals surface area (Å²) in [6.45, 7) is 2.22. The number of phenols is 1. The molecule has 2 unspecified atom stereocenters. The quantitative estimate of drug-likeness (QED) is 0.911. The standard InChI is InChI=1S/C15H17ClN2O2/c1-2-9-3-4-10(7-9)14-17-15(20-18-14)12-8-11(16)5-6-13(12)19/h5-6,8-10,19H,2-4,7H2,1H3. The summed E-state index contributed by atoms with van der Waals surface area (Å²) in [5.41, 5.74) is 0.487. The summed E-state index contributed by atoms with van der Waals surface area (Å²) < 4.78 is 5.29. The first-order valence-electron chi connectivity index (χ1n) is 7.00. The highest BCUT2D eigenvalue weighted by molar-refractivity contribution is 6.30. The van der Waals surface area contributed by atoms with Gasteiger partial charge in [0.1, 0.15) is 5.75 Å². The molecule has 1 aliphatic rings. The third kappa shape index (κ3) is 2.52. The monoisotopic (exact) mass is 292 g/mol. The van der Waals surface area contributed by atoms with E-state index in [-0.39, 0.29) is 5.75 Å². The molecule has 0 bridgehead atoms. The first-order chi connectivity index (χ1) is 9.67. The van der Waals surface area contributed by atoms with Crippen LogP contribution in [0.1, 0.15) is 44.3 Å². The van der Waals surface area contributed by atoms with E-state index in [0.717, 1.165) is 24.6 Å². The predicted octanol–water partition coefficient (Wildman–Crippen LogP) is 4.39. The van der Waals surface area contributed by atoms with Gasteiger partial charge < -0.3 is 9.63 Å². The number of hydrogen-bond donors (Lipinski definition) is 1. The van der Waals surface area contributed by atoms with Crippen molar-refractivity contribution in [2.24, 2.45) is 5.92 Å². The molecule has 0 saturated heterocycles. The second kappa shape index (κ2) is 5.44. The Bertz CT molecular complexity index is 612. The summed E-state index contributed by atoms with van der Waals surface area (Å²) in [5.74, 6) is 2.32. The summed E-state index contributed by atoms with van der Waals surface area (Å²) in [6.07, 6.45) is 4.67. The molecule has 0 spiro atoms. The zero-order chi connectivity index (χ0) is 14.1. The highest BCUT2D eigenvalue weighted by atomic mass is 35.5. The van der Waals surface area contributed by atoms with E-state index in [1.807, 2.05) is 0 Å². The van der Waals surface area contributed by atoms with Crippen molar-refractivity contribution >= 4 is 11.6 Å². The number of nitrogens with zero attached hydrogens (tertiary/aromatic N) is 2. The van der Waals surface area contributed by atoms with E-state index in [1.165, 1.54) is 18.9 Å². The van der Waals surface area contributed by atoms with Gasteiger partial charge in [0.15, 0.2) is 5.82 Å². The van der Waals surface area contributed by atoms with Crippen LogP contribution in [0.3, 0.4) is 0 Å². The van der Waals surface area contributed by atoms with Gasteiger partial charge in [-0.2, -0.15) is 4.98 Å². The first-order valence-corrected chi connectivity index (χ1v) is 7.37. The van der Waals surface area contributed by atoms with Crippen LogP contribution in [-0.4, -0.2) is 15.2 Å². The fourth-order valence-electron chi connectivity index (χ4n) is 2.87. The van der Waals surface area contributed by atoms with Gasteiger partial charge in [0.25, 0.3) is 5.89 Å². The Morgan fingerprint density at radius 1 is 1.40 bits per heavy atom. The van der Waals surface area contributed by atoms with E-state index in [9.17, 15) is 5.11 Å². The molecule has 2 atom stereocenters. The minimum atomic E-state index is 0.0995. The third-order valence-corrected chi connectivity index (χ3v) is 4.35. The first kappa shape index (κ1) is 13.4. The number of rotatable bonds is 3. The molecule has 1 heterocycles. The van der Waals surface area contributed by atoms with Crippen LogP contribution in [0.2, 0.25) is 5.02 Å². The lowest BCUT2D eigenvalue weighted by molar-refractivity contribution is 0.410. The van der Waals surface area contributed by atoms with Crippen molar-refractivity contribution in [3.8, 4) is 17.2 Å². The van der Waals surface area contributed by atoms with Gasteiger partial charge in [-0.15, -0.1) is 0 Å². The lowest BCUT2D eigenvalue weighted by atomic mass is 10.0. The summed E-state index contributed by atoms with van der Waals surface area (Å²) in [4.78, 5) is 4.44. The molecule has 0 amide bonds. The highest BCUT2D eigenvalue weighted by Gasteiger charge is 2.28. The van der Waals surface area contributed by atoms with E-state index in [1.54, 1.807) is 12.1 Å². The molecule has 106 valence electrons. The summed E-state index contributed by atoms with van der Waals surface area (Å²) in [5, 5.41) is 14.5.